The van der Waals surface area contributed by atoms with Crippen LogP contribution in [0.5, 0.6) is 0 Å². The van der Waals surface area contributed by atoms with E-state index < -0.39 is 5.82 Å². The fraction of sp³-hybridized carbons (Fsp3) is 0.182. The maximum Gasteiger partial charge on any atom is 0.133 e. The summed E-state index contributed by atoms with van der Waals surface area (Å²) >= 11 is 11.5. The summed E-state index contributed by atoms with van der Waals surface area (Å²) in [5.41, 5.74) is 0.567. The van der Waals surface area contributed by atoms with Crippen molar-refractivity contribution in [3.8, 4) is 6.07 Å². The largest absolute Gasteiger partial charge is 0.206 e. The van der Waals surface area contributed by atoms with Gasteiger partial charge in [0.15, 0.2) is 0 Å². The van der Waals surface area contributed by atoms with Gasteiger partial charge in [-0.1, -0.05) is 30.1 Å². The number of rotatable bonds is 2. The van der Waals surface area contributed by atoms with Gasteiger partial charge >= 0.3 is 0 Å². The van der Waals surface area contributed by atoms with Crippen molar-refractivity contribution in [3.05, 3.63) is 40.2 Å². The van der Waals surface area contributed by atoms with Crippen molar-refractivity contribution in [2.75, 3.05) is 0 Å². The predicted molar refractivity (Wildman–Crippen MR) is 60.1 cm³/mol. The van der Waals surface area contributed by atoms with Crippen LogP contribution in [0.1, 0.15) is 18.9 Å². The van der Waals surface area contributed by atoms with Crippen LogP contribution in [-0.4, -0.2) is 0 Å². The second-order valence-electron chi connectivity index (χ2n) is 2.88. The van der Waals surface area contributed by atoms with Gasteiger partial charge in [-0.3, -0.25) is 0 Å². The van der Waals surface area contributed by atoms with Crippen LogP contribution >= 0.6 is 23.2 Å². The van der Waals surface area contributed by atoms with E-state index in [1.54, 1.807) is 6.92 Å². The minimum atomic E-state index is -0.520. The average molecular weight is 244 g/mol. The molecule has 0 atom stereocenters. The minimum Gasteiger partial charge on any atom is -0.206 e. The Morgan fingerprint density at radius 3 is 2.67 bits per heavy atom. The van der Waals surface area contributed by atoms with E-state index in [2.05, 4.69) is 0 Å². The number of benzene rings is 1. The summed E-state index contributed by atoms with van der Waals surface area (Å²) in [5, 5.41) is 9.21. The number of hydrogen-bond acceptors (Lipinski definition) is 1. The Balaban J connectivity index is 3.29. The Labute approximate surface area is 97.7 Å². The van der Waals surface area contributed by atoms with E-state index in [9.17, 15) is 4.39 Å². The molecule has 1 nitrogen and oxygen atoms in total. The summed E-state index contributed by atoms with van der Waals surface area (Å²) in [7, 11) is 0. The molecule has 0 radical (unpaired) electrons. The third kappa shape index (κ3) is 2.71. The molecular formula is C11H8Cl2FN. The molecule has 1 rings (SSSR count). The van der Waals surface area contributed by atoms with E-state index in [-0.39, 0.29) is 10.6 Å². The van der Waals surface area contributed by atoms with Gasteiger partial charge in [-0.15, -0.1) is 0 Å². The van der Waals surface area contributed by atoms with E-state index >= 15 is 0 Å². The van der Waals surface area contributed by atoms with E-state index in [0.717, 1.165) is 0 Å². The van der Waals surface area contributed by atoms with Gasteiger partial charge in [-0.2, -0.15) is 5.26 Å². The van der Waals surface area contributed by atoms with Crippen molar-refractivity contribution >= 4 is 28.2 Å². The Morgan fingerprint density at radius 1 is 1.53 bits per heavy atom. The number of nitrogens with zero attached hydrogens (tertiary/aromatic N) is 1. The minimum absolute atomic E-state index is 0.147. The molecule has 0 aromatic heterocycles. The molecule has 15 heavy (non-hydrogen) atoms. The van der Waals surface area contributed by atoms with E-state index in [0.29, 0.717) is 17.0 Å². The van der Waals surface area contributed by atoms with Crippen molar-refractivity contribution in [1.29, 1.82) is 5.26 Å². The Bertz CT molecular complexity index is 446. The van der Waals surface area contributed by atoms with E-state index in [1.807, 2.05) is 6.07 Å². The maximum absolute atomic E-state index is 13.4. The second-order valence-corrected chi connectivity index (χ2v) is 3.70. The standard InChI is InChI=1S/C11H8Cl2FN/c1-2-7(6-15)11(13)9-4-3-8(12)5-10(9)14/h3-5H,2H2,1H3. The molecule has 78 valence electrons. The summed E-state index contributed by atoms with van der Waals surface area (Å²) in [6.45, 7) is 1.79. The first kappa shape index (κ1) is 12.0. The number of hydrogen-bond donors (Lipinski definition) is 0. The van der Waals surface area contributed by atoms with Gasteiger partial charge in [-0.25, -0.2) is 4.39 Å². The highest BCUT2D eigenvalue weighted by Gasteiger charge is 2.10. The normalized spacial score (nSPS) is 11.9. The van der Waals surface area contributed by atoms with E-state index in [1.165, 1.54) is 18.2 Å². The molecule has 4 heteroatoms. The molecule has 0 saturated carbocycles. The molecule has 1 aromatic rings. The molecule has 0 saturated heterocycles. The molecule has 0 aliphatic carbocycles. The van der Waals surface area contributed by atoms with Crippen molar-refractivity contribution in [2.24, 2.45) is 0 Å². The highest BCUT2D eigenvalue weighted by Crippen LogP contribution is 2.28. The predicted octanol–water partition coefficient (Wildman–Crippen LogP) is 4.36. The van der Waals surface area contributed by atoms with Crippen LogP contribution in [0.2, 0.25) is 5.02 Å². The molecule has 1 aromatic carbocycles. The van der Waals surface area contributed by atoms with E-state index in [4.69, 9.17) is 28.5 Å². The van der Waals surface area contributed by atoms with Gasteiger partial charge in [0.25, 0.3) is 0 Å². The molecule has 0 heterocycles. The van der Waals surface area contributed by atoms with Gasteiger partial charge in [-0.05, 0) is 24.6 Å². The van der Waals surface area contributed by atoms with Crippen LogP contribution < -0.4 is 0 Å². The van der Waals surface area contributed by atoms with Gasteiger partial charge < -0.3 is 0 Å². The van der Waals surface area contributed by atoms with Crippen molar-refractivity contribution in [3.63, 3.8) is 0 Å². The maximum atomic E-state index is 13.4. The quantitative estimate of drug-likeness (QED) is 0.709. The summed E-state index contributed by atoms with van der Waals surface area (Å²) in [6.07, 6.45) is 0.470. The first-order valence-electron chi connectivity index (χ1n) is 4.34. The fourth-order valence-corrected chi connectivity index (χ4v) is 1.60. The molecule has 0 fully saturated rings. The number of nitriles is 1. The van der Waals surface area contributed by atoms with Crippen molar-refractivity contribution in [2.45, 2.75) is 13.3 Å². The zero-order valence-electron chi connectivity index (χ0n) is 8.02. The average Bonchev–Trinajstić information content (AvgIpc) is 2.19. The molecule has 0 unspecified atom stereocenters. The van der Waals surface area contributed by atoms with Gasteiger partial charge in [0, 0.05) is 16.2 Å². The van der Waals surface area contributed by atoms with Crippen LogP contribution in [-0.2, 0) is 0 Å². The third-order valence-electron chi connectivity index (χ3n) is 1.92. The summed E-state index contributed by atoms with van der Waals surface area (Å²) in [5.74, 6) is -0.520. The van der Waals surface area contributed by atoms with Crippen molar-refractivity contribution in [1.82, 2.24) is 0 Å². The molecular weight excluding hydrogens is 236 g/mol. The molecule has 0 spiro atoms. The molecule has 0 bridgehead atoms. The van der Waals surface area contributed by atoms with Gasteiger partial charge in [0.1, 0.15) is 5.82 Å². The topological polar surface area (TPSA) is 23.8 Å². The highest BCUT2D eigenvalue weighted by molar-refractivity contribution is 6.49. The first-order valence-corrected chi connectivity index (χ1v) is 5.10. The summed E-state index contributed by atoms with van der Waals surface area (Å²) in [4.78, 5) is 0. The lowest BCUT2D eigenvalue weighted by atomic mass is 10.1. The molecule has 0 amide bonds. The lowest BCUT2D eigenvalue weighted by Gasteiger charge is -2.03. The van der Waals surface area contributed by atoms with Gasteiger partial charge in [0.05, 0.1) is 11.1 Å². The smallest absolute Gasteiger partial charge is 0.133 e. The molecule has 0 aliphatic rings. The fourth-order valence-electron chi connectivity index (χ4n) is 1.11. The number of halogens is 3. The number of allylic oxidation sites excluding steroid dienone is 1. The highest BCUT2D eigenvalue weighted by atomic mass is 35.5. The summed E-state index contributed by atoms with van der Waals surface area (Å²) < 4.78 is 13.4. The van der Waals surface area contributed by atoms with Crippen LogP contribution in [0.25, 0.3) is 5.03 Å². The first-order chi connectivity index (χ1) is 7.10. The Kier molecular flexibility index (Phi) is 4.14. The second kappa shape index (κ2) is 5.16. The van der Waals surface area contributed by atoms with Crippen LogP contribution in [0.3, 0.4) is 0 Å². The van der Waals surface area contributed by atoms with Gasteiger partial charge in [0.2, 0.25) is 0 Å². The molecule has 0 aliphatic heterocycles. The Morgan fingerprint density at radius 2 is 2.20 bits per heavy atom. The summed E-state index contributed by atoms with van der Waals surface area (Å²) in [6, 6.07) is 6.11. The lowest BCUT2D eigenvalue weighted by molar-refractivity contribution is 0.624. The lowest BCUT2D eigenvalue weighted by Crippen LogP contribution is -1.88. The van der Waals surface area contributed by atoms with Crippen LogP contribution in [0, 0.1) is 17.1 Å². The third-order valence-corrected chi connectivity index (χ3v) is 2.59. The van der Waals surface area contributed by atoms with Crippen molar-refractivity contribution < 1.29 is 4.39 Å². The Hall–Kier alpha value is -1.04. The zero-order chi connectivity index (χ0) is 11.4. The SMILES string of the molecule is CCC(C#N)=C(Cl)c1ccc(Cl)cc1F. The van der Waals surface area contributed by atoms with Crippen LogP contribution in [0.4, 0.5) is 4.39 Å². The van der Waals surface area contributed by atoms with Crippen LogP contribution in [0.15, 0.2) is 23.8 Å². The molecule has 0 N–H and O–H groups in total. The monoisotopic (exact) mass is 243 g/mol. The zero-order valence-corrected chi connectivity index (χ0v) is 9.53.